The van der Waals surface area contributed by atoms with Gasteiger partial charge in [0.2, 0.25) is 0 Å². The van der Waals surface area contributed by atoms with E-state index in [-0.39, 0.29) is 11.4 Å². The molecule has 100 valence electrons. The Hall–Kier alpha value is -2.95. The first-order valence-electron chi connectivity index (χ1n) is 5.94. The summed E-state index contributed by atoms with van der Waals surface area (Å²) in [5, 5.41) is 18.1. The molecule has 0 bridgehead atoms. The van der Waals surface area contributed by atoms with Crippen LogP contribution >= 0.6 is 0 Å². The van der Waals surface area contributed by atoms with E-state index in [4.69, 9.17) is 11.1 Å². The molecule has 0 saturated carbocycles. The molecular weight excluding hydrogens is 254 g/mol. The van der Waals surface area contributed by atoms with Gasteiger partial charge in [-0.25, -0.2) is 0 Å². The molecule has 0 radical (unpaired) electrons. The molecule has 0 fully saturated rings. The Kier molecular flexibility index (Phi) is 3.91. The first kappa shape index (κ1) is 13.5. The molecular formula is C15H13N3O2. The van der Waals surface area contributed by atoms with E-state index in [0.29, 0.717) is 5.56 Å². The van der Waals surface area contributed by atoms with Crippen LogP contribution in [-0.2, 0) is 0 Å². The highest BCUT2D eigenvalue weighted by Crippen LogP contribution is 2.29. The summed E-state index contributed by atoms with van der Waals surface area (Å²) in [6.07, 6.45) is 2.34. The van der Waals surface area contributed by atoms with E-state index >= 15 is 0 Å². The Labute approximate surface area is 116 Å². The van der Waals surface area contributed by atoms with Crippen molar-refractivity contribution in [1.29, 1.82) is 5.41 Å². The fraction of sp³-hybridized carbons (Fsp3) is 0. The van der Waals surface area contributed by atoms with Crippen molar-refractivity contribution in [2.24, 2.45) is 5.73 Å². The van der Waals surface area contributed by atoms with Crippen molar-refractivity contribution in [3.8, 4) is 11.1 Å². The molecule has 2 aromatic rings. The molecule has 2 aromatic carbocycles. The monoisotopic (exact) mass is 267 g/mol. The third-order valence-electron chi connectivity index (χ3n) is 2.87. The maximum absolute atomic E-state index is 11.0. The standard InChI is InChI=1S/C15H13N3O2/c16-9-8-14(17)13-10-12(6-7-15(13)18(19)20)11-4-2-1-3-5-11/h1-10,16H,17H2/b14-8-,16-9?. The van der Waals surface area contributed by atoms with Gasteiger partial charge in [0, 0.05) is 18.0 Å². The lowest BCUT2D eigenvalue weighted by atomic mass is 10.0. The second kappa shape index (κ2) is 5.79. The zero-order valence-corrected chi connectivity index (χ0v) is 10.6. The molecule has 0 aliphatic rings. The van der Waals surface area contributed by atoms with Crippen molar-refractivity contribution in [3.63, 3.8) is 0 Å². The molecule has 5 heteroatoms. The Morgan fingerprint density at radius 1 is 1.15 bits per heavy atom. The van der Waals surface area contributed by atoms with Gasteiger partial charge in [0.15, 0.2) is 0 Å². The number of nitrogens with two attached hydrogens (primary N) is 1. The maximum Gasteiger partial charge on any atom is 0.278 e. The Balaban J connectivity index is 2.60. The normalized spacial score (nSPS) is 11.1. The first-order valence-corrected chi connectivity index (χ1v) is 5.94. The first-order chi connectivity index (χ1) is 9.63. The second-order valence-corrected chi connectivity index (χ2v) is 4.14. The van der Waals surface area contributed by atoms with Crippen LogP contribution in [-0.4, -0.2) is 11.1 Å². The van der Waals surface area contributed by atoms with Gasteiger partial charge in [-0.2, -0.15) is 0 Å². The number of nitrogens with one attached hydrogen (secondary N) is 1. The molecule has 0 aliphatic heterocycles. The summed E-state index contributed by atoms with van der Waals surface area (Å²) in [6, 6.07) is 14.3. The minimum atomic E-state index is -0.477. The van der Waals surface area contributed by atoms with Crippen LogP contribution in [0.5, 0.6) is 0 Å². The van der Waals surface area contributed by atoms with Gasteiger partial charge < -0.3 is 11.1 Å². The lowest BCUT2D eigenvalue weighted by molar-refractivity contribution is -0.385. The lowest BCUT2D eigenvalue weighted by Crippen LogP contribution is -2.02. The van der Waals surface area contributed by atoms with Crippen LogP contribution in [0, 0.1) is 15.5 Å². The number of hydrogen-bond acceptors (Lipinski definition) is 4. The predicted molar refractivity (Wildman–Crippen MR) is 79.5 cm³/mol. The van der Waals surface area contributed by atoms with Crippen LogP contribution in [0.25, 0.3) is 16.8 Å². The van der Waals surface area contributed by atoms with Gasteiger partial charge in [-0.15, -0.1) is 0 Å². The molecule has 0 atom stereocenters. The summed E-state index contributed by atoms with van der Waals surface area (Å²) in [6.45, 7) is 0. The SMILES string of the molecule is N=C/C=C(\N)c1cc(-c2ccccc2)ccc1[N+](=O)[O-]. The second-order valence-electron chi connectivity index (χ2n) is 4.14. The van der Waals surface area contributed by atoms with Crippen molar-refractivity contribution in [3.05, 3.63) is 70.3 Å². The molecule has 20 heavy (non-hydrogen) atoms. The number of hydrogen-bond donors (Lipinski definition) is 2. The molecule has 0 aliphatic carbocycles. The number of rotatable bonds is 4. The fourth-order valence-corrected chi connectivity index (χ4v) is 1.92. The minimum absolute atomic E-state index is 0.0692. The number of benzene rings is 2. The smallest absolute Gasteiger partial charge is 0.278 e. The number of nitrogens with zero attached hydrogens (tertiary/aromatic N) is 1. The van der Waals surface area contributed by atoms with E-state index in [2.05, 4.69) is 0 Å². The predicted octanol–water partition coefficient (Wildman–Crippen LogP) is 3.21. The molecule has 5 nitrogen and oxygen atoms in total. The zero-order chi connectivity index (χ0) is 14.5. The molecule has 0 unspecified atom stereocenters. The Bertz CT molecular complexity index is 679. The van der Waals surface area contributed by atoms with E-state index < -0.39 is 4.92 Å². The van der Waals surface area contributed by atoms with E-state index in [1.807, 2.05) is 30.3 Å². The van der Waals surface area contributed by atoms with Gasteiger partial charge in [-0.05, 0) is 29.3 Å². The molecule has 3 N–H and O–H groups in total. The van der Waals surface area contributed by atoms with E-state index in [1.54, 1.807) is 12.1 Å². The van der Waals surface area contributed by atoms with Crippen LogP contribution in [0.15, 0.2) is 54.6 Å². The summed E-state index contributed by atoms with van der Waals surface area (Å²) < 4.78 is 0. The average Bonchev–Trinajstić information content (AvgIpc) is 2.47. The molecule has 2 rings (SSSR count). The highest BCUT2D eigenvalue weighted by atomic mass is 16.6. The van der Waals surface area contributed by atoms with E-state index in [0.717, 1.165) is 17.3 Å². The van der Waals surface area contributed by atoms with Crippen LogP contribution in [0.1, 0.15) is 5.56 Å². The van der Waals surface area contributed by atoms with Crippen LogP contribution < -0.4 is 5.73 Å². The van der Waals surface area contributed by atoms with Crippen LogP contribution in [0.4, 0.5) is 5.69 Å². The van der Waals surface area contributed by atoms with Crippen LogP contribution in [0.3, 0.4) is 0 Å². The summed E-state index contributed by atoms with van der Waals surface area (Å²) in [7, 11) is 0. The van der Waals surface area contributed by atoms with E-state index in [1.165, 1.54) is 12.1 Å². The van der Waals surface area contributed by atoms with Crippen molar-refractivity contribution in [2.75, 3.05) is 0 Å². The number of nitro groups is 1. The quantitative estimate of drug-likeness (QED) is 0.506. The maximum atomic E-state index is 11.0. The average molecular weight is 267 g/mol. The largest absolute Gasteiger partial charge is 0.398 e. The Morgan fingerprint density at radius 3 is 2.45 bits per heavy atom. The van der Waals surface area contributed by atoms with Crippen molar-refractivity contribution in [2.45, 2.75) is 0 Å². The lowest BCUT2D eigenvalue weighted by Gasteiger charge is -2.07. The van der Waals surface area contributed by atoms with Crippen molar-refractivity contribution in [1.82, 2.24) is 0 Å². The van der Waals surface area contributed by atoms with Crippen molar-refractivity contribution >= 4 is 17.6 Å². The number of allylic oxidation sites excluding steroid dienone is 1. The van der Waals surface area contributed by atoms with Gasteiger partial charge in [0.1, 0.15) is 0 Å². The molecule has 0 spiro atoms. The Morgan fingerprint density at radius 2 is 1.85 bits per heavy atom. The van der Waals surface area contributed by atoms with Crippen LogP contribution in [0.2, 0.25) is 0 Å². The van der Waals surface area contributed by atoms with Gasteiger partial charge >= 0.3 is 0 Å². The third kappa shape index (κ3) is 2.72. The fourth-order valence-electron chi connectivity index (χ4n) is 1.92. The minimum Gasteiger partial charge on any atom is -0.398 e. The molecule has 0 aromatic heterocycles. The summed E-state index contributed by atoms with van der Waals surface area (Å²) >= 11 is 0. The van der Waals surface area contributed by atoms with Gasteiger partial charge in [-0.1, -0.05) is 30.3 Å². The zero-order valence-electron chi connectivity index (χ0n) is 10.6. The summed E-state index contributed by atoms with van der Waals surface area (Å²) in [5.41, 5.74) is 8.04. The molecule has 0 amide bonds. The van der Waals surface area contributed by atoms with E-state index in [9.17, 15) is 10.1 Å². The van der Waals surface area contributed by atoms with Crippen molar-refractivity contribution < 1.29 is 4.92 Å². The third-order valence-corrected chi connectivity index (χ3v) is 2.87. The summed E-state index contributed by atoms with van der Waals surface area (Å²) in [5.74, 6) is 0. The van der Waals surface area contributed by atoms with Gasteiger partial charge in [-0.3, -0.25) is 10.1 Å². The number of nitro benzene ring substituents is 1. The molecule has 0 heterocycles. The van der Waals surface area contributed by atoms with Gasteiger partial charge in [0.25, 0.3) is 5.69 Å². The topological polar surface area (TPSA) is 93.0 Å². The summed E-state index contributed by atoms with van der Waals surface area (Å²) in [4.78, 5) is 10.6. The molecule has 0 saturated heterocycles. The highest BCUT2D eigenvalue weighted by molar-refractivity contribution is 5.85. The van der Waals surface area contributed by atoms with Gasteiger partial charge in [0.05, 0.1) is 10.5 Å². The highest BCUT2D eigenvalue weighted by Gasteiger charge is 2.16.